The maximum absolute atomic E-state index is 9.15. The third-order valence-electron chi connectivity index (χ3n) is 1.17. The van der Waals surface area contributed by atoms with E-state index < -0.39 is 0 Å². The quantitative estimate of drug-likeness (QED) is 0.628. The molecule has 0 amide bonds. The van der Waals surface area contributed by atoms with Crippen LogP contribution in [0.15, 0.2) is 17.2 Å². The molecule has 0 radical (unpaired) electrons. The molecule has 1 heterocycles. The number of aromatic nitrogens is 1. The van der Waals surface area contributed by atoms with E-state index in [1.54, 1.807) is 12.1 Å². The van der Waals surface area contributed by atoms with Crippen molar-refractivity contribution in [1.82, 2.24) is 4.98 Å². The molecule has 54 valence electrons. The first-order valence-electron chi connectivity index (χ1n) is 2.94. The highest BCUT2D eigenvalue weighted by atomic mass is 32.2. The van der Waals surface area contributed by atoms with E-state index in [0.29, 0.717) is 5.03 Å². The van der Waals surface area contributed by atoms with Gasteiger partial charge in [0.05, 0.1) is 0 Å². The van der Waals surface area contributed by atoms with Gasteiger partial charge in [0.2, 0.25) is 0 Å². The molecule has 1 rings (SSSR count). The van der Waals surface area contributed by atoms with Crippen molar-refractivity contribution in [3.8, 4) is 5.75 Å². The number of thioether (sulfide) groups is 1. The van der Waals surface area contributed by atoms with Gasteiger partial charge >= 0.3 is 0 Å². The fourth-order valence-electron chi connectivity index (χ4n) is 0.676. The van der Waals surface area contributed by atoms with E-state index in [2.05, 4.69) is 4.98 Å². The van der Waals surface area contributed by atoms with Crippen molar-refractivity contribution in [3.05, 3.63) is 17.8 Å². The summed E-state index contributed by atoms with van der Waals surface area (Å²) in [4.78, 5) is 4.10. The Labute approximate surface area is 64.3 Å². The molecule has 0 unspecified atom stereocenters. The van der Waals surface area contributed by atoms with E-state index in [9.17, 15) is 0 Å². The van der Waals surface area contributed by atoms with E-state index >= 15 is 0 Å². The summed E-state index contributed by atoms with van der Waals surface area (Å²) in [6.07, 6.45) is 1.89. The number of aromatic hydroxyl groups is 1. The molecule has 0 aliphatic heterocycles. The van der Waals surface area contributed by atoms with E-state index in [4.69, 9.17) is 5.11 Å². The Morgan fingerprint density at radius 1 is 1.50 bits per heavy atom. The molecule has 0 aromatic carbocycles. The molecule has 2 nitrogen and oxygen atoms in total. The largest absolute Gasteiger partial charge is 0.505 e. The van der Waals surface area contributed by atoms with Crippen LogP contribution in [0.3, 0.4) is 0 Å². The third-order valence-corrected chi connectivity index (χ3v) is 1.86. The molecule has 0 saturated carbocycles. The first kappa shape index (κ1) is 7.41. The van der Waals surface area contributed by atoms with Crippen molar-refractivity contribution in [2.45, 2.75) is 11.9 Å². The van der Waals surface area contributed by atoms with Crippen LogP contribution in [0.25, 0.3) is 0 Å². The molecule has 3 heteroatoms. The second-order valence-electron chi connectivity index (χ2n) is 1.98. The van der Waals surface area contributed by atoms with Gasteiger partial charge in [-0.25, -0.2) is 4.98 Å². The minimum absolute atomic E-state index is 0.262. The Kier molecular flexibility index (Phi) is 2.17. The number of hydrogen-bond acceptors (Lipinski definition) is 3. The molecule has 0 aliphatic carbocycles. The zero-order valence-electron chi connectivity index (χ0n) is 5.96. The Morgan fingerprint density at radius 2 is 2.20 bits per heavy atom. The number of hydrogen-bond donors (Lipinski definition) is 1. The topological polar surface area (TPSA) is 33.1 Å². The standard InChI is InChI=1S/C7H9NOS/c1-5-3-4-6(9)7(8-5)10-2/h3-4,9H,1-2H3. The van der Waals surface area contributed by atoms with E-state index in [-0.39, 0.29) is 5.75 Å². The minimum Gasteiger partial charge on any atom is -0.505 e. The average Bonchev–Trinajstić information content (AvgIpc) is 1.94. The zero-order valence-corrected chi connectivity index (χ0v) is 6.77. The Morgan fingerprint density at radius 3 is 2.70 bits per heavy atom. The summed E-state index contributed by atoms with van der Waals surface area (Å²) in [6.45, 7) is 1.90. The van der Waals surface area contributed by atoms with Crippen LogP contribution in [-0.2, 0) is 0 Å². The van der Waals surface area contributed by atoms with Gasteiger partial charge in [0.1, 0.15) is 10.8 Å². The van der Waals surface area contributed by atoms with Gasteiger partial charge < -0.3 is 5.11 Å². The van der Waals surface area contributed by atoms with Crippen molar-refractivity contribution in [2.75, 3.05) is 6.26 Å². The Hall–Kier alpha value is -0.700. The fraction of sp³-hybridized carbons (Fsp3) is 0.286. The molecule has 0 spiro atoms. The third kappa shape index (κ3) is 1.42. The van der Waals surface area contributed by atoms with Gasteiger partial charge in [-0.2, -0.15) is 0 Å². The van der Waals surface area contributed by atoms with Crippen LogP contribution >= 0.6 is 11.8 Å². The average molecular weight is 155 g/mol. The zero-order chi connectivity index (χ0) is 7.56. The Balaban J connectivity index is 3.09. The highest BCUT2D eigenvalue weighted by molar-refractivity contribution is 7.98. The van der Waals surface area contributed by atoms with Crippen molar-refractivity contribution in [3.63, 3.8) is 0 Å². The summed E-state index contributed by atoms with van der Waals surface area (Å²) >= 11 is 1.45. The molecule has 0 aliphatic rings. The number of aryl methyl sites for hydroxylation is 1. The van der Waals surface area contributed by atoms with E-state index in [0.717, 1.165) is 5.69 Å². The smallest absolute Gasteiger partial charge is 0.147 e. The monoisotopic (exact) mass is 155 g/mol. The van der Waals surface area contributed by atoms with Gasteiger partial charge in [0, 0.05) is 5.69 Å². The molecule has 1 N–H and O–H groups in total. The molecule has 0 bridgehead atoms. The van der Waals surface area contributed by atoms with Gasteiger partial charge in [-0.3, -0.25) is 0 Å². The van der Waals surface area contributed by atoms with Crippen LogP contribution < -0.4 is 0 Å². The van der Waals surface area contributed by atoms with Crippen LogP contribution in [0.1, 0.15) is 5.69 Å². The molecule has 0 atom stereocenters. The number of pyridine rings is 1. The lowest BCUT2D eigenvalue weighted by Gasteiger charge is -1.99. The second kappa shape index (κ2) is 2.92. The maximum Gasteiger partial charge on any atom is 0.147 e. The summed E-state index contributed by atoms with van der Waals surface area (Å²) in [7, 11) is 0. The lowest BCUT2D eigenvalue weighted by atomic mass is 10.4. The summed E-state index contributed by atoms with van der Waals surface area (Å²) in [6, 6.07) is 3.45. The van der Waals surface area contributed by atoms with Crippen LogP contribution in [0.2, 0.25) is 0 Å². The fourth-order valence-corrected chi connectivity index (χ4v) is 1.19. The number of rotatable bonds is 1. The maximum atomic E-state index is 9.15. The second-order valence-corrected chi connectivity index (χ2v) is 2.78. The Bertz CT molecular complexity index is 237. The van der Waals surface area contributed by atoms with Crippen LogP contribution in [0, 0.1) is 6.92 Å². The van der Waals surface area contributed by atoms with Gasteiger partial charge in [-0.1, -0.05) is 0 Å². The van der Waals surface area contributed by atoms with Crippen molar-refractivity contribution in [1.29, 1.82) is 0 Å². The summed E-state index contributed by atoms with van der Waals surface area (Å²) < 4.78 is 0. The van der Waals surface area contributed by atoms with Crippen molar-refractivity contribution >= 4 is 11.8 Å². The lowest BCUT2D eigenvalue weighted by molar-refractivity contribution is 0.456. The molecule has 1 aromatic rings. The van der Waals surface area contributed by atoms with Crippen LogP contribution in [-0.4, -0.2) is 16.3 Å². The molecule has 1 aromatic heterocycles. The summed E-state index contributed by atoms with van der Waals surface area (Å²) in [5.41, 5.74) is 0.933. The SMILES string of the molecule is CSc1nc(C)ccc1O. The number of nitrogens with zero attached hydrogens (tertiary/aromatic N) is 1. The van der Waals surface area contributed by atoms with Gasteiger partial charge in [0.25, 0.3) is 0 Å². The molecule has 0 fully saturated rings. The molecular formula is C7H9NOS. The molecule has 10 heavy (non-hydrogen) atoms. The van der Waals surface area contributed by atoms with Crippen LogP contribution in [0.5, 0.6) is 5.75 Å². The van der Waals surface area contributed by atoms with Gasteiger partial charge in [-0.05, 0) is 25.3 Å². The van der Waals surface area contributed by atoms with E-state index in [1.165, 1.54) is 11.8 Å². The molecule has 0 saturated heterocycles. The predicted molar refractivity (Wildman–Crippen MR) is 42.4 cm³/mol. The normalized spacial score (nSPS) is 9.80. The van der Waals surface area contributed by atoms with Gasteiger partial charge in [-0.15, -0.1) is 11.8 Å². The summed E-state index contributed by atoms with van der Waals surface area (Å²) in [5.74, 6) is 0.262. The lowest BCUT2D eigenvalue weighted by Crippen LogP contribution is -1.82. The van der Waals surface area contributed by atoms with Crippen molar-refractivity contribution < 1.29 is 5.11 Å². The minimum atomic E-state index is 0.262. The van der Waals surface area contributed by atoms with Crippen LogP contribution in [0.4, 0.5) is 0 Å². The highest BCUT2D eigenvalue weighted by Crippen LogP contribution is 2.23. The predicted octanol–water partition coefficient (Wildman–Crippen LogP) is 1.82. The van der Waals surface area contributed by atoms with Gasteiger partial charge in [0.15, 0.2) is 0 Å². The summed E-state index contributed by atoms with van der Waals surface area (Å²) in [5, 5.41) is 9.85. The molecular weight excluding hydrogens is 146 g/mol. The highest BCUT2D eigenvalue weighted by Gasteiger charge is 1.98. The first-order chi connectivity index (χ1) is 4.74. The first-order valence-corrected chi connectivity index (χ1v) is 4.17. The van der Waals surface area contributed by atoms with E-state index in [1.807, 2.05) is 13.2 Å². The van der Waals surface area contributed by atoms with Crippen molar-refractivity contribution in [2.24, 2.45) is 0 Å².